The fraction of sp³-hybridized carbons (Fsp3) is 0.800. The van der Waals surface area contributed by atoms with Crippen molar-refractivity contribution in [1.82, 2.24) is 0 Å². The second-order valence-electron chi connectivity index (χ2n) is 10.4. The molecule has 2 aliphatic rings. The quantitative estimate of drug-likeness (QED) is 0.312. The molecule has 2 fully saturated rings. The van der Waals surface area contributed by atoms with Gasteiger partial charge in [-0.25, -0.2) is 0 Å². The van der Waals surface area contributed by atoms with Gasteiger partial charge in [-0.3, -0.25) is 14.4 Å². The molecule has 0 aromatic heterocycles. The third-order valence-electron chi connectivity index (χ3n) is 7.91. The zero-order chi connectivity index (χ0) is 23.4. The minimum absolute atomic E-state index is 0.0964. The lowest BCUT2D eigenvalue weighted by Crippen LogP contribution is -2.44. The van der Waals surface area contributed by atoms with Crippen LogP contribution in [0, 0.1) is 34.5 Å². The van der Waals surface area contributed by atoms with Gasteiger partial charge in [-0.2, -0.15) is 0 Å². The van der Waals surface area contributed by atoms with Crippen molar-refractivity contribution >= 4 is 17.9 Å². The minimum Gasteiger partial charge on any atom is -0.469 e. The monoisotopic (exact) mass is 436 g/mol. The summed E-state index contributed by atoms with van der Waals surface area (Å²) in [4.78, 5) is 35.5. The Bertz CT molecular complexity index is 696. The zero-order valence-electron chi connectivity index (χ0n) is 20.1. The van der Waals surface area contributed by atoms with Crippen LogP contribution in [0.2, 0.25) is 0 Å². The number of esters is 3. The summed E-state index contributed by atoms with van der Waals surface area (Å²) in [6.45, 7) is 14.5. The molecule has 0 N–H and O–H groups in total. The minimum atomic E-state index is -0.393. The molecule has 0 heterocycles. The first-order valence-corrected chi connectivity index (χ1v) is 11.4. The molecule has 0 aliphatic heterocycles. The summed E-state index contributed by atoms with van der Waals surface area (Å²) in [5.74, 6) is -0.817. The smallest absolute Gasteiger partial charge is 0.305 e. The second-order valence-corrected chi connectivity index (χ2v) is 10.4. The molecule has 0 saturated heterocycles. The molecule has 0 radical (unpaired) electrons. The molecule has 31 heavy (non-hydrogen) atoms. The fourth-order valence-electron chi connectivity index (χ4n) is 6.28. The average molecular weight is 437 g/mol. The Hall–Kier alpha value is -1.85. The van der Waals surface area contributed by atoms with Crippen LogP contribution in [0.4, 0.5) is 0 Å². The molecular weight excluding hydrogens is 396 g/mol. The van der Waals surface area contributed by atoms with Crippen LogP contribution < -0.4 is 0 Å². The van der Waals surface area contributed by atoms with Gasteiger partial charge in [0.25, 0.3) is 0 Å². The van der Waals surface area contributed by atoms with Crippen molar-refractivity contribution in [2.24, 2.45) is 34.5 Å². The number of methoxy groups -OCH3 is 1. The van der Waals surface area contributed by atoms with E-state index < -0.39 is 5.97 Å². The van der Waals surface area contributed by atoms with Gasteiger partial charge in [0.15, 0.2) is 0 Å². The van der Waals surface area contributed by atoms with Gasteiger partial charge < -0.3 is 14.2 Å². The van der Waals surface area contributed by atoms with Crippen LogP contribution in [0.5, 0.6) is 0 Å². The first-order chi connectivity index (χ1) is 14.4. The molecule has 0 amide bonds. The van der Waals surface area contributed by atoms with E-state index in [1.54, 1.807) is 0 Å². The van der Waals surface area contributed by atoms with Crippen molar-refractivity contribution in [3.8, 4) is 0 Å². The summed E-state index contributed by atoms with van der Waals surface area (Å²) >= 11 is 0. The average Bonchev–Trinajstić information content (AvgIpc) is 2.98. The molecule has 2 rings (SSSR count). The largest absolute Gasteiger partial charge is 0.469 e. The van der Waals surface area contributed by atoms with Crippen LogP contribution in [-0.2, 0) is 28.6 Å². The number of carbonyl (C=O) groups is 3. The Morgan fingerprint density at radius 2 is 1.68 bits per heavy atom. The van der Waals surface area contributed by atoms with E-state index >= 15 is 0 Å². The maximum atomic E-state index is 12.2. The lowest BCUT2D eigenvalue weighted by molar-refractivity contribution is -0.154. The summed E-state index contributed by atoms with van der Waals surface area (Å²) in [6, 6.07) is 0. The number of carbonyl (C=O) groups excluding carboxylic acids is 3. The van der Waals surface area contributed by atoms with Gasteiger partial charge in [-0.15, -0.1) is 0 Å². The van der Waals surface area contributed by atoms with E-state index in [-0.39, 0.29) is 60.2 Å². The van der Waals surface area contributed by atoms with Crippen molar-refractivity contribution in [2.45, 2.75) is 73.1 Å². The molecule has 0 aromatic carbocycles. The molecule has 2 saturated carbocycles. The summed E-state index contributed by atoms with van der Waals surface area (Å²) < 4.78 is 15.8. The molecule has 0 aromatic rings. The molecule has 176 valence electrons. The van der Waals surface area contributed by atoms with Gasteiger partial charge in [0.2, 0.25) is 0 Å². The van der Waals surface area contributed by atoms with Crippen molar-refractivity contribution in [1.29, 1.82) is 0 Å². The van der Waals surface area contributed by atoms with E-state index in [9.17, 15) is 14.4 Å². The van der Waals surface area contributed by atoms with Gasteiger partial charge >= 0.3 is 17.9 Å². The predicted molar refractivity (Wildman–Crippen MR) is 118 cm³/mol. The lowest BCUT2D eigenvalue weighted by Gasteiger charge is -2.46. The Balaban J connectivity index is 2.47. The van der Waals surface area contributed by atoms with E-state index in [1.807, 2.05) is 0 Å². The predicted octanol–water partition coefficient (Wildman–Crippen LogP) is 4.71. The van der Waals surface area contributed by atoms with Crippen LogP contribution >= 0.6 is 0 Å². The third kappa shape index (κ3) is 5.89. The van der Waals surface area contributed by atoms with E-state index in [4.69, 9.17) is 14.2 Å². The summed E-state index contributed by atoms with van der Waals surface area (Å²) in [7, 11) is 1.36. The molecule has 6 nitrogen and oxygen atoms in total. The molecule has 6 heteroatoms. The highest BCUT2D eigenvalue weighted by Gasteiger charge is 2.56. The maximum absolute atomic E-state index is 12.2. The Kier molecular flexibility index (Phi) is 8.34. The topological polar surface area (TPSA) is 78.9 Å². The van der Waals surface area contributed by atoms with Crippen molar-refractivity contribution < 1.29 is 28.6 Å². The SMILES string of the molecule is C=C1CCCC(C)(C)[C@@H]2CC[C@@](C)([C@H](COC(C)=O)[C@H](COC(C)=O)CC(=O)OC)[C@H]12. The summed E-state index contributed by atoms with van der Waals surface area (Å²) in [6.07, 6.45) is 5.42. The molecule has 5 atom stereocenters. The van der Waals surface area contributed by atoms with Gasteiger partial charge in [-0.1, -0.05) is 32.9 Å². The number of ether oxygens (including phenoxy) is 3. The van der Waals surface area contributed by atoms with Crippen LogP contribution in [0.25, 0.3) is 0 Å². The molecule has 0 spiro atoms. The molecule has 2 aliphatic carbocycles. The number of hydrogen-bond acceptors (Lipinski definition) is 6. The fourth-order valence-corrected chi connectivity index (χ4v) is 6.28. The van der Waals surface area contributed by atoms with Gasteiger partial charge in [-0.05, 0) is 54.8 Å². The number of fused-ring (bicyclic) bond motifs is 1. The summed E-state index contributed by atoms with van der Waals surface area (Å²) in [5, 5.41) is 0. The normalized spacial score (nSPS) is 29.3. The Morgan fingerprint density at radius 1 is 1.06 bits per heavy atom. The molecule has 0 bridgehead atoms. The second kappa shape index (κ2) is 10.2. The number of allylic oxidation sites excluding steroid dienone is 1. The highest BCUT2D eigenvalue weighted by molar-refractivity contribution is 5.70. The van der Waals surface area contributed by atoms with E-state index in [2.05, 4.69) is 27.4 Å². The highest BCUT2D eigenvalue weighted by Crippen LogP contribution is 2.63. The van der Waals surface area contributed by atoms with E-state index in [1.165, 1.54) is 26.5 Å². The first-order valence-electron chi connectivity index (χ1n) is 11.4. The van der Waals surface area contributed by atoms with E-state index in [0.29, 0.717) is 5.92 Å². The Morgan fingerprint density at radius 3 is 2.26 bits per heavy atom. The van der Waals surface area contributed by atoms with Gasteiger partial charge in [0.1, 0.15) is 0 Å². The van der Waals surface area contributed by atoms with Gasteiger partial charge in [0.05, 0.1) is 26.7 Å². The summed E-state index contributed by atoms with van der Waals surface area (Å²) in [5.41, 5.74) is 1.23. The van der Waals surface area contributed by atoms with Crippen molar-refractivity contribution in [3.63, 3.8) is 0 Å². The third-order valence-corrected chi connectivity index (χ3v) is 7.91. The Labute approximate surface area is 187 Å². The van der Waals surface area contributed by atoms with Crippen LogP contribution in [-0.4, -0.2) is 38.2 Å². The number of rotatable bonds is 8. The van der Waals surface area contributed by atoms with Crippen molar-refractivity contribution in [3.05, 3.63) is 12.2 Å². The lowest BCUT2D eigenvalue weighted by atomic mass is 9.59. The van der Waals surface area contributed by atoms with Crippen LogP contribution in [0.3, 0.4) is 0 Å². The number of hydrogen-bond donors (Lipinski definition) is 0. The van der Waals surface area contributed by atoms with Gasteiger partial charge in [0, 0.05) is 25.7 Å². The molecular formula is C25H40O6. The first kappa shape index (κ1) is 25.4. The van der Waals surface area contributed by atoms with Crippen LogP contribution in [0.1, 0.15) is 73.1 Å². The van der Waals surface area contributed by atoms with Crippen molar-refractivity contribution in [2.75, 3.05) is 20.3 Å². The van der Waals surface area contributed by atoms with E-state index in [0.717, 1.165) is 32.1 Å². The highest BCUT2D eigenvalue weighted by atomic mass is 16.5. The van der Waals surface area contributed by atoms with Crippen LogP contribution in [0.15, 0.2) is 12.2 Å². The zero-order valence-corrected chi connectivity index (χ0v) is 20.1. The maximum Gasteiger partial charge on any atom is 0.305 e. The standard InChI is InChI=1S/C25H40O6/c1-16-9-8-11-24(4,5)20-10-12-25(6,23(16)20)21(15-31-18(3)27)19(13-22(28)29-7)14-30-17(2)26/h19-21,23H,1,8-15H2,2-7H3/t19-,20+,21+,23+,25-/m0/s1. The molecule has 0 unspecified atom stereocenters.